The van der Waals surface area contributed by atoms with Crippen molar-refractivity contribution in [3.05, 3.63) is 65.2 Å². The highest BCUT2D eigenvalue weighted by molar-refractivity contribution is 7.86. The van der Waals surface area contributed by atoms with Crippen molar-refractivity contribution < 1.29 is 17.3 Å². The van der Waals surface area contributed by atoms with E-state index in [-0.39, 0.29) is 22.5 Å². The van der Waals surface area contributed by atoms with Gasteiger partial charge in [0.2, 0.25) is 0 Å². The molecule has 0 atom stereocenters. The van der Waals surface area contributed by atoms with E-state index in [2.05, 4.69) is 27.7 Å². The highest BCUT2D eigenvalue weighted by Gasteiger charge is 2.36. The van der Waals surface area contributed by atoms with Crippen molar-refractivity contribution in [2.45, 2.75) is 56.9 Å². The summed E-state index contributed by atoms with van der Waals surface area (Å²) in [6.07, 6.45) is 0.510. The number of rotatable bonds is 7. The molecule has 0 fully saturated rings. The van der Waals surface area contributed by atoms with Gasteiger partial charge < -0.3 is 4.74 Å². The Labute approximate surface area is 173 Å². The third kappa shape index (κ3) is 5.06. The average Bonchev–Trinajstić information content (AvgIpc) is 3.03. The third-order valence-electron chi connectivity index (χ3n) is 5.12. The quantitative estimate of drug-likeness (QED) is 0.628. The average molecular weight is 416 g/mol. The Morgan fingerprint density at radius 3 is 2.24 bits per heavy atom. The van der Waals surface area contributed by atoms with Gasteiger partial charge in [-0.05, 0) is 64.3 Å². The summed E-state index contributed by atoms with van der Waals surface area (Å²) in [7, 11) is -3.73. The zero-order valence-corrected chi connectivity index (χ0v) is 18.5. The largest absolute Gasteiger partial charge is 0.478 e. The highest BCUT2D eigenvalue weighted by atomic mass is 32.2. The number of benzene rings is 2. The van der Waals surface area contributed by atoms with Crippen LogP contribution in [0.25, 0.3) is 0 Å². The van der Waals surface area contributed by atoms with Gasteiger partial charge in [0.05, 0.1) is 22.5 Å². The van der Waals surface area contributed by atoms with E-state index in [0.29, 0.717) is 13.0 Å². The Morgan fingerprint density at radius 2 is 1.69 bits per heavy atom. The van der Waals surface area contributed by atoms with Gasteiger partial charge in [0.1, 0.15) is 6.61 Å². The topological polar surface area (TPSA) is 65.0 Å². The van der Waals surface area contributed by atoms with Gasteiger partial charge in [0.25, 0.3) is 10.1 Å². The lowest BCUT2D eigenvalue weighted by Gasteiger charge is -2.24. The lowest BCUT2D eigenvalue weighted by atomic mass is 9.84. The van der Waals surface area contributed by atoms with Crippen LogP contribution in [0.5, 0.6) is 0 Å². The van der Waals surface area contributed by atoms with Crippen LogP contribution in [-0.4, -0.2) is 33.1 Å². The van der Waals surface area contributed by atoms with Gasteiger partial charge in [-0.15, -0.1) is 0 Å². The predicted molar refractivity (Wildman–Crippen MR) is 115 cm³/mol. The number of hydrogen-bond acceptors (Lipinski definition) is 5. The first-order valence-corrected chi connectivity index (χ1v) is 11.2. The van der Waals surface area contributed by atoms with Crippen molar-refractivity contribution >= 4 is 16.0 Å². The standard InChI is InChI=1S/C23H29NO4S/c1-17-6-12-20(13-7-17)29(25,26)28-15-14-18-8-10-19(11-9-18)23(4,5)21-24-22(2,3)16-27-21/h6-13H,14-16H2,1-5H3. The van der Waals surface area contributed by atoms with Crippen LogP contribution in [0.3, 0.4) is 0 Å². The van der Waals surface area contributed by atoms with Gasteiger partial charge >= 0.3 is 0 Å². The molecular weight excluding hydrogens is 386 g/mol. The van der Waals surface area contributed by atoms with Crippen molar-refractivity contribution in [1.29, 1.82) is 0 Å². The summed E-state index contributed by atoms with van der Waals surface area (Å²) < 4.78 is 35.6. The van der Waals surface area contributed by atoms with E-state index >= 15 is 0 Å². The van der Waals surface area contributed by atoms with Crippen LogP contribution < -0.4 is 0 Å². The summed E-state index contributed by atoms with van der Waals surface area (Å²) in [6, 6.07) is 14.7. The highest BCUT2D eigenvalue weighted by Crippen LogP contribution is 2.31. The minimum Gasteiger partial charge on any atom is -0.478 e. The molecule has 0 unspecified atom stereocenters. The van der Waals surface area contributed by atoms with E-state index in [4.69, 9.17) is 13.9 Å². The third-order valence-corrected chi connectivity index (χ3v) is 6.44. The van der Waals surface area contributed by atoms with Crippen molar-refractivity contribution in [2.75, 3.05) is 13.2 Å². The fourth-order valence-electron chi connectivity index (χ4n) is 3.16. The minimum atomic E-state index is -3.73. The molecule has 156 valence electrons. The number of hydrogen-bond donors (Lipinski definition) is 0. The number of ether oxygens (including phenoxy) is 1. The first-order chi connectivity index (χ1) is 13.5. The van der Waals surface area contributed by atoms with E-state index in [1.807, 2.05) is 31.2 Å². The molecule has 5 nitrogen and oxygen atoms in total. The molecule has 0 bridgehead atoms. The molecule has 6 heteroatoms. The van der Waals surface area contributed by atoms with Crippen molar-refractivity contribution in [2.24, 2.45) is 4.99 Å². The lowest BCUT2D eigenvalue weighted by Crippen LogP contribution is -2.29. The number of nitrogens with zero attached hydrogens (tertiary/aromatic N) is 1. The van der Waals surface area contributed by atoms with Crippen molar-refractivity contribution in [3.63, 3.8) is 0 Å². The van der Waals surface area contributed by atoms with Crippen LogP contribution in [0.15, 0.2) is 58.4 Å². The van der Waals surface area contributed by atoms with E-state index in [0.717, 1.165) is 22.6 Å². The van der Waals surface area contributed by atoms with Gasteiger partial charge in [-0.2, -0.15) is 8.42 Å². The molecule has 2 aromatic carbocycles. The molecule has 0 spiro atoms. The molecule has 0 amide bonds. The van der Waals surface area contributed by atoms with Crippen LogP contribution in [0.4, 0.5) is 0 Å². The Morgan fingerprint density at radius 1 is 1.07 bits per heavy atom. The van der Waals surface area contributed by atoms with E-state index < -0.39 is 10.1 Å². The van der Waals surface area contributed by atoms with E-state index in [1.54, 1.807) is 24.3 Å². The van der Waals surface area contributed by atoms with Crippen LogP contribution >= 0.6 is 0 Å². The molecular formula is C23H29NO4S. The maximum absolute atomic E-state index is 12.3. The smallest absolute Gasteiger partial charge is 0.296 e. The van der Waals surface area contributed by atoms with Crippen LogP contribution in [0, 0.1) is 6.92 Å². The SMILES string of the molecule is Cc1ccc(S(=O)(=O)OCCc2ccc(C(C)(C)C3=NC(C)(C)CO3)cc2)cc1. The van der Waals surface area contributed by atoms with Gasteiger partial charge in [0.15, 0.2) is 5.90 Å². The molecule has 0 aliphatic carbocycles. The summed E-state index contributed by atoms with van der Waals surface area (Å²) in [4.78, 5) is 4.89. The molecule has 0 radical (unpaired) electrons. The second-order valence-corrected chi connectivity index (χ2v) is 10.3. The summed E-state index contributed by atoms with van der Waals surface area (Å²) in [5.41, 5.74) is 2.61. The second kappa shape index (κ2) is 7.92. The number of aliphatic imine (C=N–C) groups is 1. The van der Waals surface area contributed by atoms with Crippen LogP contribution in [-0.2, 0) is 30.9 Å². The predicted octanol–water partition coefficient (Wildman–Crippen LogP) is 4.43. The molecule has 0 N–H and O–H groups in total. The van der Waals surface area contributed by atoms with Gasteiger partial charge in [-0.25, -0.2) is 4.99 Å². The Balaban J connectivity index is 1.62. The Kier molecular flexibility index (Phi) is 5.88. The maximum Gasteiger partial charge on any atom is 0.296 e. The molecule has 2 aromatic rings. The fourth-order valence-corrected chi connectivity index (χ4v) is 4.07. The number of aryl methyl sites for hydroxylation is 1. The molecule has 29 heavy (non-hydrogen) atoms. The van der Waals surface area contributed by atoms with E-state index in [9.17, 15) is 8.42 Å². The summed E-state index contributed by atoms with van der Waals surface area (Å²) >= 11 is 0. The van der Waals surface area contributed by atoms with Crippen molar-refractivity contribution in [3.8, 4) is 0 Å². The molecule has 0 saturated heterocycles. The molecule has 1 heterocycles. The maximum atomic E-state index is 12.3. The summed E-state index contributed by atoms with van der Waals surface area (Å²) in [5.74, 6) is 0.753. The van der Waals surface area contributed by atoms with Crippen molar-refractivity contribution in [1.82, 2.24) is 0 Å². The lowest BCUT2D eigenvalue weighted by molar-refractivity contribution is 0.263. The first-order valence-electron chi connectivity index (χ1n) is 9.78. The molecule has 3 rings (SSSR count). The normalized spacial score (nSPS) is 16.4. The second-order valence-electron chi connectivity index (χ2n) is 8.68. The zero-order chi connectivity index (χ0) is 21.3. The van der Waals surface area contributed by atoms with Gasteiger partial charge in [0, 0.05) is 0 Å². The molecule has 0 saturated carbocycles. The Hall–Kier alpha value is -2.18. The minimum absolute atomic E-state index is 0.100. The van der Waals surface area contributed by atoms with Gasteiger partial charge in [-0.1, -0.05) is 42.0 Å². The molecule has 0 aromatic heterocycles. The fraction of sp³-hybridized carbons (Fsp3) is 0.435. The van der Waals surface area contributed by atoms with Crippen LogP contribution in [0.2, 0.25) is 0 Å². The van der Waals surface area contributed by atoms with Gasteiger partial charge in [-0.3, -0.25) is 4.18 Å². The zero-order valence-electron chi connectivity index (χ0n) is 17.7. The summed E-state index contributed by atoms with van der Waals surface area (Å²) in [5, 5.41) is 0. The van der Waals surface area contributed by atoms with E-state index in [1.165, 1.54) is 0 Å². The monoisotopic (exact) mass is 415 g/mol. The Bertz CT molecular complexity index is 988. The molecule has 1 aliphatic rings. The van der Waals surface area contributed by atoms with Crippen LogP contribution in [0.1, 0.15) is 44.4 Å². The summed E-state index contributed by atoms with van der Waals surface area (Å²) in [6.45, 7) is 10.9. The molecule has 1 aliphatic heterocycles. The first kappa shape index (κ1) is 21.5.